The number of nitrogens with zero attached hydrogens (tertiary/aromatic N) is 1. The summed E-state index contributed by atoms with van der Waals surface area (Å²) in [6, 6.07) is 17.2. The third kappa shape index (κ3) is 5.80. The molecule has 1 heterocycles. The van der Waals surface area contributed by atoms with E-state index in [1.54, 1.807) is 54.6 Å². The van der Waals surface area contributed by atoms with Crippen LogP contribution in [-0.2, 0) is 9.53 Å². The highest BCUT2D eigenvalue weighted by Gasteiger charge is 2.20. The number of aromatic nitrogens is 1. The van der Waals surface area contributed by atoms with Gasteiger partial charge in [-0.3, -0.25) is 4.79 Å². The second-order valence-corrected chi connectivity index (χ2v) is 8.18. The molecule has 0 fully saturated rings. The summed E-state index contributed by atoms with van der Waals surface area (Å²) in [6.45, 7) is -0.510. The topological polar surface area (TPSA) is 114 Å². The second kappa shape index (κ2) is 12.0. The molecule has 39 heavy (non-hydrogen) atoms. The largest absolute Gasteiger partial charge is 0.497 e. The molecule has 202 valence electrons. The number of carbonyl (C=O) groups excluding carboxylic acids is 2. The molecule has 0 atom stereocenters. The van der Waals surface area contributed by atoms with Crippen molar-refractivity contribution in [3.05, 3.63) is 66.2 Å². The van der Waals surface area contributed by atoms with Crippen LogP contribution in [0.15, 0.2) is 60.7 Å². The number of esters is 1. The molecular formula is C29H28N2O8. The lowest BCUT2D eigenvalue weighted by molar-refractivity contribution is -0.119. The van der Waals surface area contributed by atoms with Gasteiger partial charge < -0.3 is 33.7 Å². The molecule has 10 nitrogen and oxygen atoms in total. The number of pyridine rings is 1. The Kier molecular flexibility index (Phi) is 8.35. The van der Waals surface area contributed by atoms with Crippen LogP contribution >= 0.6 is 0 Å². The van der Waals surface area contributed by atoms with Gasteiger partial charge >= 0.3 is 5.97 Å². The van der Waals surface area contributed by atoms with Gasteiger partial charge in [-0.15, -0.1) is 0 Å². The number of rotatable bonds is 10. The van der Waals surface area contributed by atoms with E-state index in [0.29, 0.717) is 56.6 Å². The van der Waals surface area contributed by atoms with E-state index in [4.69, 9.17) is 33.4 Å². The van der Waals surface area contributed by atoms with Crippen molar-refractivity contribution in [2.45, 2.75) is 0 Å². The Balaban J connectivity index is 1.61. The van der Waals surface area contributed by atoms with E-state index in [9.17, 15) is 9.59 Å². The van der Waals surface area contributed by atoms with Crippen molar-refractivity contribution in [3.63, 3.8) is 0 Å². The number of para-hydroxylation sites is 1. The number of nitrogens with one attached hydrogen (secondary N) is 1. The number of anilines is 1. The Bertz CT molecular complexity index is 1490. The highest BCUT2D eigenvalue weighted by molar-refractivity contribution is 6.05. The molecule has 0 aliphatic heterocycles. The van der Waals surface area contributed by atoms with Crippen LogP contribution in [0.4, 0.5) is 5.69 Å². The molecule has 4 rings (SSSR count). The lowest BCUT2D eigenvalue weighted by Crippen LogP contribution is -2.21. The SMILES string of the molecule is COc1ccc(NC(=O)COC(=O)c2cc(-c3cc(OC)c(OC)c(OC)c3)nc3ccccc23)c(OC)c1. The van der Waals surface area contributed by atoms with Crippen molar-refractivity contribution in [1.82, 2.24) is 4.98 Å². The third-order valence-corrected chi connectivity index (χ3v) is 5.91. The van der Waals surface area contributed by atoms with E-state index in [-0.39, 0.29) is 5.56 Å². The van der Waals surface area contributed by atoms with Gasteiger partial charge in [-0.2, -0.15) is 0 Å². The summed E-state index contributed by atoms with van der Waals surface area (Å²) < 4.78 is 32.2. The van der Waals surface area contributed by atoms with Gasteiger partial charge in [0.15, 0.2) is 18.1 Å². The van der Waals surface area contributed by atoms with Gasteiger partial charge in [0.05, 0.1) is 58.0 Å². The van der Waals surface area contributed by atoms with E-state index in [0.717, 1.165) is 0 Å². The predicted molar refractivity (Wildman–Crippen MR) is 145 cm³/mol. The van der Waals surface area contributed by atoms with Gasteiger partial charge in [0.25, 0.3) is 5.91 Å². The van der Waals surface area contributed by atoms with Crippen LogP contribution in [0.1, 0.15) is 10.4 Å². The van der Waals surface area contributed by atoms with Gasteiger partial charge in [-0.1, -0.05) is 18.2 Å². The molecule has 0 aliphatic rings. The predicted octanol–water partition coefficient (Wildman–Crippen LogP) is 4.74. The maximum atomic E-state index is 13.2. The van der Waals surface area contributed by atoms with Crippen LogP contribution in [-0.4, -0.2) is 59.0 Å². The maximum absolute atomic E-state index is 13.2. The summed E-state index contributed by atoms with van der Waals surface area (Å²) in [5.41, 5.74) is 2.35. The Labute approximate surface area is 225 Å². The van der Waals surface area contributed by atoms with Crippen LogP contribution in [0.25, 0.3) is 22.2 Å². The number of ether oxygens (including phenoxy) is 6. The first-order valence-electron chi connectivity index (χ1n) is 11.8. The molecule has 0 bridgehead atoms. The van der Waals surface area contributed by atoms with Crippen LogP contribution in [0.5, 0.6) is 28.7 Å². The number of hydrogen-bond donors (Lipinski definition) is 1. The van der Waals surface area contributed by atoms with Gasteiger partial charge in [-0.25, -0.2) is 9.78 Å². The zero-order chi connectivity index (χ0) is 27.9. The molecule has 0 saturated carbocycles. The van der Waals surface area contributed by atoms with Crippen LogP contribution < -0.4 is 29.0 Å². The molecule has 0 radical (unpaired) electrons. The normalized spacial score (nSPS) is 10.5. The van der Waals surface area contributed by atoms with Crippen LogP contribution in [0.3, 0.4) is 0 Å². The highest BCUT2D eigenvalue weighted by Crippen LogP contribution is 2.41. The first-order valence-corrected chi connectivity index (χ1v) is 11.8. The quantitative estimate of drug-likeness (QED) is 0.289. The molecule has 10 heteroatoms. The number of hydrogen-bond acceptors (Lipinski definition) is 9. The average molecular weight is 533 g/mol. The van der Waals surface area contributed by atoms with Crippen molar-refractivity contribution in [1.29, 1.82) is 0 Å². The molecular weight excluding hydrogens is 504 g/mol. The minimum Gasteiger partial charge on any atom is -0.497 e. The van der Waals surface area contributed by atoms with Gasteiger partial charge in [0.1, 0.15) is 11.5 Å². The summed E-state index contributed by atoms with van der Waals surface area (Å²) >= 11 is 0. The summed E-state index contributed by atoms with van der Waals surface area (Å²) in [6.07, 6.45) is 0. The lowest BCUT2D eigenvalue weighted by Gasteiger charge is -2.15. The van der Waals surface area contributed by atoms with Crippen LogP contribution in [0, 0.1) is 0 Å². The van der Waals surface area contributed by atoms with Gasteiger partial charge in [0.2, 0.25) is 5.75 Å². The van der Waals surface area contributed by atoms with Crippen molar-refractivity contribution in [3.8, 4) is 40.0 Å². The minimum absolute atomic E-state index is 0.249. The Morgan fingerprint density at radius 2 is 1.46 bits per heavy atom. The number of amides is 1. The van der Waals surface area contributed by atoms with Gasteiger partial charge in [0, 0.05) is 17.0 Å². The minimum atomic E-state index is -0.681. The smallest absolute Gasteiger partial charge is 0.339 e. The molecule has 4 aromatic rings. The fourth-order valence-electron chi connectivity index (χ4n) is 4.02. The van der Waals surface area contributed by atoms with E-state index >= 15 is 0 Å². The van der Waals surface area contributed by atoms with Crippen LogP contribution in [0.2, 0.25) is 0 Å². The first kappa shape index (κ1) is 27.1. The summed E-state index contributed by atoms with van der Waals surface area (Å²) in [5.74, 6) is 1.08. The fourth-order valence-corrected chi connectivity index (χ4v) is 4.02. The molecule has 0 saturated heterocycles. The molecule has 1 N–H and O–H groups in total. The average Bonchev–Trinajstić information content (AvgIpc) is 2.98. The number of carbonyl (C=O) groups is 2. The van der Waals surface area contributed by atoms with E-state index in [1.807, 2.05) is 6.07 Å². The first-order chi connectivity index (χ1) is 18.9. The molecule has 0 aliphatic carbocycles. The summed E-state index contributed by atoms with van der Waals surface area (Å²) in [4.78, 5) is 30.5. The van der Waals surface area contributed by atoms with E-state index in [1.165, 1.54) is 35.5 Å². The molecule has 1 amide bonds. The number of benzene rings is 3. The molecule has 3 aromatic carbocycles. The number of fused-ring (bicyclic) bond motifs is 1. The molecule has 0 unspecified atom stereocenters. The zero-order valence-electron chi connectivity index (χ0n) is 22.2. The van der Waals surface area contributed by atoms with Crippen molar-refractivity contribution < 1.29 is 38.0 Å². The highest BCUT2D eigenvalue weighted by atomic mass is 16.5. The summed E-state index contributed by atoms with van der Waals surface area (Å²) in [5, 5.41) is 3.26. The van der Waals surface area contributed by atoms with E-state index < -0.39 is 18.5 Å². The van der Waals surface area contributed by atoms with Crippen molar-refractivity contribution in [2.75, 3.05) is 47.5 Å². The fraction of sp³-hybridized carbons (Fsp3) is 0.207. The molecule has 1 aromatic heterocycles. The third-order valence-electron chi connectivity index (χ3n) is 5.91. The standard InChI is InChI=1S/C29H28N2O8/c1-34-18-10-11-22(24(14-18)35-2)31-27(32)16-39-29(33)20-15-23(30-21-9-7-6-8-19(20)21)17-12-25(36-3)28(38-5)26(13-17)37-4/h6-15H,16H2,1-5H3,(H,31,32). The Morgan fingerprint density at radius 3 is 2.10 bits per heavy atom. The van der Waals surface area contributed by atoms with Crippen molar-refractivity contribution >= 4 is 28.5 Å². The van der Waals surface area contributed by atoms with Gasteiger partial charge in [-0.05, 0) is 36.4 Å². The summed E-state index contributed by atoms with van der Waals surface area (Å²) in [7, 11) is 7.56. The molecule has 0 spiro atoms. The lowest BCUT2D eigenvalue weighted by atomic mass is 10.0. The Morgan fingerprint density at radius 1 is 0.769 bits per heavy atom. The maximum Gasteiger partial charge on any atom is 0.339 e. The zero-order valence-corrected chi connectivity index (χ0v) is 22.2. The Hall–Kier alpha value is -4.99. The monoisotopic (exact) mass is 532 g/mol. The second-order valence-electron chi connectivity index (χ2n) is 8.18. The van der Waals surface area contributed by atoms with E-state index in [2.05, 4.69) is 5.32 Å². The number of methoxy groups -OCH3 is 5. The van der Waals surface area contributed by atoms with Crippen molar-refractivity contribution in [2.24, 2.45) is 0 Å².